The molecule has 0 bridgehead atoms. The molecule has 20 heavy (non-hydrogen) atoms. The van der Waals surface area contributed by atoms with E-state index < -0.39 is 11.5 Å². The van der Waals surface area contributed by atoms with Gasteiger partial charge in [-0.15, -0.1) is 0 Å². The molecule has 0 aliphatic carbocycles. The lowest BCUT2D eigenvalue weighted by Crippen LogP contribution is -2.40. The Morgan fingerprint density at radius 3 is 2.20 bits per heavy atom. The highest BCUT2D eigenvalue weighted by Gasteiger charge is 2.35. The van der Waals surface area contributed by atoms with Crippen molar-refractivity contribution in [3.63, 3.8) is 0 Å². The molecule has 1 unspecified atom stereocenters. The van der Waals surface area contributed by atoms with E-state index in [4.69, 9.17) is 11.6 Å². The molecule has 5 heteroatoms. The Labute approximate surface area is 121 Å². The zero-order valence-corrected chi connectivity index (χ0v) is 11.5. The fourth-order valence-corrected chi connectivity index (χ4v) is 1.98. The predicted molar refractivity (Wildman–Crippen MR) is 76.5 cm³/mol. The van der Waals surface area contributed by atoms with Crippen molar-refractivity contribution in [1.29, 1.82) is 0 Å². The minimum atomic E-state index is -1.33. The molecule has 0 aliphatic rings. The second-order valence-electron chi connectivity index (χ2n) is 4.57. The van der Waals surface area contributed by atoms with Gasteiger partial charge in [0.1, 0.15) is 5.82 Å². The molecule has 1 atom stereocenters. The van der Waals surface area contributed by atoms with Crippen molar-refractivity contribution in [2.24, 2.45) is 0 Å². The van der Waals surface area contributed by atoms with E-state index >= 15 is 0 Å². The summed E-state index contributed by atoms with van der Waals surface area (Å²) in [6, 6.07) is 12.1. The molecule has 0 saturated carbocycles. The van der Waals surface area contributed by atoms with Crippen molar-refractivity contribution in [1.82, 2.24) is 0 Å². The molecule has 0 heterocycles. The number of carbonyl (C=O) groups is 1. The van der Waals surface area contributed by atoms with Crippen LogP contribution < -0.4 is 5.32 Å². The number of carboxylic acid groups (broad SMARTS) is 1. The van der Waals surface area contributed by atoms with Gasteiger partial charge in [0, 0.05) is 10.7 Å². The molecule has 0 spiro atoms. The summed E-state index contributed by atoms with van der Waals surface area (Å²) in [7, 11) is 0. The van der Waals surface area contributed by atoms with Crippen LogP contribution in [0.15, 0.2) is 48.5 Å². The maximum absolute atomic E-state index is 12.9. The number of hydrogen-bond acceptors (Lipinski definition) is 2. The first-order valence-corrected chi connectivity index (χ1v) is 6.33. The van der Waals surface area contributed by atoms with Gasteiger partial charge in [0.05, 0.1) is 0 Å². The third-order valence-electron chi connectivity index (χ3n) is 3.09. The number of nitrogens with one attached hydrogen (secondary N) is 1. The average molecular weight is 294 g/mol. The minimum Gasteiger partial charge on any atom is -0.479 e. The van der Waals surface area contributed by atoms with Crippen LogP contribution in [0.5, 0.6) is 0 Å². The Balaban J connectivity index is 2.37. The third kappa shape index (κ3) is 2.91. The van der Waals surface area contributed by atoms with E-state index in [0.717, 1.165) is 0 Å². The number of hydrogen-bond donors (Lipinski definition) is 2. The summed E-state index contributed by atoms with van der Waals surface area (Å²) in [5.74, 6) is -1.41. The summed E-state index contributed by atoms with van der Waals surface area (Å²) in [6.45, 7) is 1.54. The van der Waals surface area contributed by atoms with Crippen molar-refractivity contribution in [2.75, 3.05) is 5.32 Å². The van der Waals surface area contributed by atoms with Crippen molar-refractivity contribution >= 4 is 23.3 Å². The van der Waals surface area contributed by atoms with E-state index in [0.29, 0.717) is 16.3 Å². The van der Waals surface area contributed by atoms with E-state index in [1.807, 2.05) is 0 Å². The molecule has 2 aromatic rings. The van der Waals surface area contributed by atoms with Gasteiger partial charge in [-0.25, -0.2) is 9.18 Å². The molecule has 3 nitrogen and oxygen atoms in total. The Hall–Kier alpha value is -2.07. The molecular weight excluding hydrogens is 281 g/mol. The fourth-order valence-electron chi connectivity index (χ4n) is 1.85. The van der Waals surface area contributed by atoms with Crippen molar-refractivity contribution in [3.8, 4) is 0 Å². The lowest BCUT2D eigenvalue weighted by atomic mass is 9.91. The van der Waals surface area contributed by atoms with Gasteiger partial charge >= 0.3 is 5.97 Å². The van der Waals surface area contributed by atoms with Crippen molar-refractivity contribution < 1.29 is 14.3 Å². The average Bonchev–Trinajstić information content (AvgIpc) is 2.42. The van der Waals surface area contributed by atoms with Crippen LogP contribution in [-0.4, -0.2) is 11.1 Å². The number of aliphatic carboxylic acids is 1. The molecule has 2 aromatic carbocycles. The van der Waals surface area contributed by atoms with Crippen LogP contribution in [-0.2, 0) is 10.3 Å². The smallest absolute Gasteiger partial charge is 0.333 e. The highest BCUT2D eigenvalue weighted by Crippen LogP contribution is 2.27. The lowest BCUT2D eigenvalue weighted by molar-refractivity contribution is -0.142. The first-order valence-electron chi connectivity index (χ1n) is 5.95. The largest absolute Gasteiger partial charge is 0.479 e. The predicted octanol–water partition coefficient (Wildman–Crippen LogP) is 3.89. The van der Waals surface area contributed by atoms with Gasteiger partial charge < -0.3 is 10.4 Å². The first-order chi connectivity index (χ1) is 9.41. The molecule has 0 aliphatic heterocycles. The van der Waals surface area contributed by atoms with Crippen LogP contribution in [0.4, 0.5) is 10.1 Å². The van der Waals surface area contributed by atoms with Crippen LogP contribution >= 0.6 is 11.6 Å². The quantitative estimate of drug-likeness (QED) is 0.899. The summed E-state index contributed by atoms with van der Waals surface area (Å²) in [5.41, 5.74) is -0.257. The number of carboxylic acids is 1. The van der Waals surface area contributed by atoms with E-state index in [1.165, 1.54) is 24.3 Å². The van der Waals surface area contributed by atoms with Gasteiger partial charge in [-0.3, -0.25) is 0 Å². The molecular formula is C15H13ClFNO2. The zero-order valence-electron chi connectivity index (χ0n) is 10.7. The SMILES string of the molecule is CC(Nc1ccc(F)cc1)(C(=O)O)c1ccc(Cl)cc1. The van der Waals surface area contributed by atoms with Crippen molar-refractivity contribution in [2.45, 2.75) is 12.5 Å². The third-order valence-corrected chi connectivity index (χ3v) is 3.34. The zero-order chi connectivity index (χ0) is 14.8. The van der Waals surface area contributed by atoms with Gasteiger partial charge in [0.2, 0.25) is 0 Å². The normalized spacial score (nSPS) is 13.6. The molecule has 0 saturated heterocycles. The Bertz CT molecular complexity index is 613. The maximum atomic E-state index is 12.9. The first kappa shape index (κ1) is 14.3. The Morgan fingerprint density at radius 1 is 1.15 bits per heavy atom. The maximum Gasteiger partial charge on any atom is 0.333 e. The number of benzene rings is 2. The molecule has 2 N–H and O–H groups in total. The van der Waals surface area contributed by atoms with Crippen LogP contribution in [0.3, 0.4) is 0 Å². The second kappa shape index (κ2) is 5.51. The Kier molecular flexibility index (Phi) is 3.95. The van der Waals surface area contributed by atoms with Crippen LogP contribution in [0.25, 0.3) is 0 Å². The highest BCUT2D eigenvalue weighted by atomic mass is 35.5. The summed E-state index contributed by atoms with van der Waals surface area (Å²) < 4.78 is 12.9. The molecule has 104 valence electrons. The van der Waals surface area contributed by atoms with E-state index in [2.05, 4.69) is 5.32 Å². The van der Waals surface area contributed by atoms with Crippen LogP contribution in [0, 0.1) is 5.82 Å². The summed E-state index contributed by atoms with van der Waals surface area (Å²) in [6.07, 6.45) is 0. The molecule has 0 amide bonds. The van der Waals surface area contributed by atoms with Gasteiger partial charge in [-0.2, -0.15) is 0 Å². The summed E-state index contributed by atoms with van der Waals surface area (Å²) >= 11 is 5.81. The number of anilines is 1. The Morgan fingerprint density at radius 2 is 1.70 bits per heavy atom. The monoisotopic (exact) mass is 293 g/mol. The topological polar surface area (TPSA) is 49.3 Å². The second-order valence-corrected chi connectivity index (χ2v) is 5.01. The summed E-state index contributed by atoms with van der Waals surface area (Å²) in [4.78, 5) is 11.6. The molecule has 0 radical (unpaired) electrons. The minimum absolute atomic E-state index is 0.376. The number of rotatable bonds is 4. The van der Waals surface area contributed by atoms with Crippen LogP contribution in [0.1, 0.15) is 12.5 Å². The van der Waals surface area contributed by atoms with E-state index in [-0.39, 0.29) is 5.82 Å². The summed E-state index contributed by atoms with van der Waals surface area (Å²) in [5, 5.41) is 12.9. The number of halogens is 2. The molecule has 2 rings (SSSR count). The lowest BCUT2D eigenvalue weighted by Gasteiger charge is -2.28. The highest BCUT2D eigenvalue weighted by molar-refractivity contribution is 6.30. The standard InChI is InChI=1S/C15H13ClFNO2/c1-15(14(19)20,10-2-4-11(16)5-3-10)18-13-8-6-12(17)7-9-13/h2-9,18H,1H3,(H,19,20). The van der Waals surface area contributed by atoms with Crippen molar-refractivity contribution in [3.05, 3.63) is 64.9 Å². The van der Waals surface area contributed by atoms with E-state index in [1.54, 1.807) is 31.2 Å². The van der Waals surface area contributed by atoms with Gasteiger partial charge in [-0.05, 0) is 48.9 Å². The van der Waals surface area contributed by atoms with E-state index in [9.17, 15) is 14.3 Å². The van der Waals surface area contributed by atoms with Gasteiger partial charge in [-0.1, -0.05) is 23.7 Å². The fraction of sp³-hybridized carbons (Fsp3) is 0.133. The molecule has 0 fully saturated rings. The molecule has 0 aromatic heterocycles. The van der Waals surface area contributed by atoms with Crippen LogP contribution in [0.2, 0.25) is 5.02 Å². The van der Waals surface area contributed by atoms with Gasteiger partial charge in [0.15, 0.2) is 5.54 Å². The van der Waals surface area contributed by atoms with Gasteiger partial charge in [0.25, 0.3) is 0 Å².